The highest BCUT2D eigenvalue weighted by atomic mass is 14.1. The molecule has 3 aromatic rings. The van der Waals surface area contributed by atoms with E-state index in [0.29, 0.717) is 0 Å². The van der Waals surface area contributed by atoms with Crippen molar-refractivity contribution in [2.75, 3.05) is 0 Å². The van der Waals surface area contributed by atoms with Crippen LogP contribution in [0.25, 0.3) is 0 Å². The van der Waals surface area contributed by atoms with Crippen molar-refractivity contribution in [2.45, 2.75) is 123 Å². The average Bonchev–Trinajstić information content (AvgIpc) is 3.51. The minimum atomic E-state index is 1.30. The zero-order chi connectivity index (χ0) is 29.5. The number of rotatable bonds is 0. The number of hydrogen-bond donors (Lipinski definition) is 0. The van der Waals surface area contributed by atoms with Crippen molar-refractivity contribution in [3.8, 4) is 0 Å². The van der Waals surface area contributed by atoms with Gasteiger partial charge in [0, 0.05) is 0 Å². The molecule has 0 amide bonds. The molecule has 0 nitrogen and oxygen atoms in total. The third-order valence-corrected chi connectivity index (χ3v) is 3.62. The van der Waals surface area contributed by atoms with Gasteiger partial charge in [-0.2, -0.15) is 0 Å². The Morgan fingerprint density at radius 2 is 0.556 bits per heavy atom. The molecule has 1 aliphatic rings. The van der Waals surface area contributed by atoms with Gasteiger partial charge in [0.05, 0.1) is 0 Å². The molecular weight excluding hydrogens is 432 g/mol. The van der Waals surface area contributed by atoms with Crippen LogP contribution in [-0.2, 0) is 12.8 Å². The van der Waals surface area contributed by atoms with Gasteiger partial charge in [-0.3, -0.25) is 0 Å². The molecule has 0 fully saturated rings. The lowest BCUT2D eigenvalue weighted by Crippen LogP contribution is -1.77. The molecule has 0 radical (unpaired) electrons. The lowest BCUT2D eigenvalue weighted by atomic mass is 10.1. The Labute approximate surface area is 230 Å². The number of hydrogen-bond acceptors (Lipinski definition) is 0. The second kappa shape index (κ2) is 53.8. The van der Waals surface area contributed by atoms with Gasteiger partial charge < -0.3 is 0 Å². The van der Waals surface area contributed by atoms with Crippen molar-refractivity contribution in [3.05, 3.63) is 108 Å². The monoisotopic (exact) mass is 499 g/mol. The normalized spacial score (nSPS) is 8.08. The maximum atomic E-state index is 2.24. The summed E-state index contributed by atoms with van der Waals surface area (Å²) in [6.07, 6.45) is 3.96. The van der Waals surface area contributed by atoms with Gasteiger partial charge in [0.2, 0.25) is 0 Å². The quantitative estimate of drug-likeness (QED) is 0.289. The van der Waals surface area contributed by atoms with Gasteiger partial charge in [0.1, 0.15) is 0 Å². The van der Waals surface area contributed by atoms with E-state index in [1.165, 1.54) is 24.8 Å². The summed E-state index contributed by atoms with van der Waals surface area (Å²) in [6.45, 7) is 30.1. The fraction of sp³-hybridized carbons (Fsp3) is 0.500. The van der Waals surface area contributed by atoms with Crippen LogP contribution in [0.3, 0.4) is 0 Å². The highest BCUT2D eigenvalue weighted by Gasteiger charge is 2.07. The molecule has 36 heavy (non-hydrogen) atoms. The van der Waals surface area contributed by atoms with E-state index in [1.54, 1.807) is 11.1 Å². The molecule has 3 aromatic carbocycles. The summed E-state index contributed by atoms with van der Waals surface area (Å²) in [5, 5.41) is 0. The molecule has 1 aliphatic carbocycles. The third kappa shape index (κ3) is 36.2. The molecule has 0 heterocycles. The van der Waals surface area contributed by atoms with Crippen LogP contribution >= 0.6 is 0 Å². The van der Waals surface area contributed by atoms with Crippen molar-refractivity contribution < 1.29 is 0 Å². The highest BCUT2D eigenvalue weighted by molar-refractivity contribution is 5.30. The first kappa shape index (κ1) is 46.9. The highest BCUT2D eigenvalue weighted by Crippen LogP contribution is 2.20. The predicted octanol–water partition coefficient (Wildman–Crippen LogP) is 13.0. The topological polar surface area (TPSA) is 0 Å². The van der Waals surface area contributed by atoms with E-state index < -0.39 is 0 Å². The van der Waals surface area contributed by atoms with Crippen molar-refractivity contribution in [3.63, 3.8) is 0 Å². The van der Waals surface area contributed by atoms with E-state index in [9.17, 15) is 0 Å². The zero-order valence-electron chi connectivity index (χ0n) is 27.3. The molecule has 0 saturated carbocycles. The number of benzene rings is 3. The SMILES string of the molecule is CC.CC.CC.CC.CC.CC.CC.Cc1ccccc1.c1ccc2c(c1)CCC2.c1ccccc1. The molecule has 0 aromatic heterocycles. The Bertz CT molecular complexity index is 577. The summed E-state index contributed by atoms with van der Waals surface area (Å²) in [4.78, 5) is 0. The number of aryl methyl sites for hydroxylation is 3. The Kier molecular flexibility index (Phi) is 70.2. The molecule has 0 aliphatic heterocycles. The van der Waals surface area contributed by atoms with Gasteiger partial charge in [-0.05, 0) is 37.3 Å². The van der Waals surface area contributed by atoms with Crippen LogP contribution in [0.5, 0.6) is 0 Å². The molecule has 0 bridgehead atoms. The molecule has 0 atom stereocenters. The first-order chi connectivity index (χ1) is 17.9. The van der Waals surface area contributed by atoms with Gasteiger partial charge in [-0.15, -0.1) is 0 Å². The van der Waals surface area contributed by atoms with Gasteiger partial charge in [0.15, 0.2) is 0 Å². The smallest absolute Gasteiger partial charge is 0.0273 e. The largest absolute Gasteiger partial charge is 0.0683 e. The van der Waals surface area contributed by atoms with Crippen LogP contribution in [0.2, 0.25) is 0 Å². The maximum Gasteiger partial charge on any atom is -0.0273 e. The summed E-state index contributed by atoms with van der Waals surface area (Å²) in [5.41, 5.74) is 4.46. The van der Waals surface area contributed by atoms with Gasteiger partial charge in [0.25, 0.3) is 0 Å². The first-order valence-electron chi connectivity index (χ1n) is 14.9. The minimum Gasteiger partial charge on any atom is -0.0683 e. The molecule has 0 unspecified atom stereocenters. The molecular formula is C36H66. The van der Waals surface area contributed by atoms with Gasteiger partial charge in [-0.25, -0.2) is 0 Å². The van der Waals surface area contributed by atoms with E-state index in [0.717, 1.165) is 0 Å². The summed E-state index contributed by atoms with van der Waals surface area (Å²) in [5.74, 6) is 0. The molecule has 210 valence electrons. The van der Waals surface area contributed by atoms with Crippen molar-refractivity contribution in [1.82, 2.24) is 0 Å². The molecule has 0 spiro atoms. The van der Waals surface area contributed by atoms with Crippen LogP contribution in [-0.4, -0.2) is 0 Å². The van der Waals surface area contributed by atoms with E-state index >= 15 is 0 Å². The van der Waals surface area contributed by atoms with Gasteiger partial charge >= 0.3 is 0 Å². The van der Waals surface area contributed by atoms with E-state index in [1.807, 2.05) is 152 Å². The third-order valence-electron chi connectivity index (χ3n) is 3.62. The summed E-state index contributed by atoms with van der Waals surface area (Å²) in [7, 11) is 0. The van der Waals surface area contributed by atoms with Crippen LogP contribution in [0.1, 0.15) is 120 Å². The maximum absolute atomic E-state index is 2.24. The summed E-state index contributed by atoms with van der Waals surface area (Å²) < 4.78 is 0. The van der Waals surface area contributed by atoms with E-state index in [2.05, 4.69) is 43.3 Å². The van der Waals surface area contributed by atoms with Crippen LogP contribution in [0.4, 0.5) is 0 Å². The lowest BCUT2D eigenvalue weighted by Gasteiger charge is -1.93. The Morgan fingerprint density at radius 3 is 0.778 bits per heavy atom. The predicted molar refractivity (Wildman–Crippen MR) is 176 cm³/mol. The second-order valence-electron chi connectivity index (χ2n) is 5.43. The fourth-order valence-corrected chi connectivity index (χ4v) is 2.43. The average molecular weight is 499 g/mol. The van der Waals surface area contributed by atoms with E-state index in [4.69, 9.17) is 0 Å². The minimum absolute atomic E-state index is 1.30. The van der Waals surface area contributed by atoms with E-state index in [-0.39, 0.29) is 0 Å². The zero-order valence-corrected chi connectivity index (χ0v) is 27.3. The Balaban J connectivity index is -0.0000000763. The second-order valence-corrected chi connectivity index (χ2v) is 5.43. The first-order valence-corrected chi connectivity index (χ1v) is 14.9. The standard InChI is InChI=1S/C9H10.C7H8.C6H6.7C2H6/c1-2-5-9-7-3-6-8(9)4-1;1-7-5-3-2-4-6-7;1-2-4-6-5-3-1;7*1-2/h1-2,4-5H,3,6-7H2;2-6H,1H3;1-6H;7*1-2H3. The number of fused-ring (bicyclic) bond motifs is 1. The molecule has 0 heteroatoms. The van der Waals surface area contributed by atoms with Crippen molar-refractivity contribution >= 4 is 0 Å². The van der Waals surface area contributed by atoms with Crippen molar-refractivity contribution in [1.29, 1.82) is 0 Å². The summed E-state index contributed by atoms with van der Waals surface area (Å²) >= 11 is 0. The lowest BCUT2D eigenvalue weighted by molar-refractivity contribution is 0.912. The van der Waals surface area contributed by atoms with Crippen LogP contribution < -0.4 is 0 Å². The molecule has 4 rings (SSSR count). The van der Waals surface area contributed by atoms with Crippen LogP contribution in [0, 0.1) is 6.92 Å². The van der Waals surface area contributed by atoms with Crippen LogP contribution in [0.15, 0.2) is 91.0 Å². The Hall–Kier alpha value is -2.34. The Morgan fingerprint density at radius 1 is 0.333 bits per heavy atom. The summed E-state index contributed by atoms with van der Waals surface area (Å²) in [6, 6.07) is 31.0. The van der Waals surface area contributed by atoms with Crippen molar-refractivity contribution in [2.24, 2.45) is 0 Å². The fourth-order valence-electron chi connectivity index (χ4n) is 2.43. The molecule has 0 N–H and O–H groups in total. The van der Waals surface area contributed by atoms with Gasteiger partial charge in [-0.1, -0.05) is 193 Å². The molecule has 0 saturated heterocycles.